The lowest BCUT2D eigenvalue weighted by Gasteiger charge is -2.10. The van der Waals surface area contributed by atoms with Gasteiger partial charge in [0.2, 0.25) is 0 Å². The van der Waals surface area contributed by atoms with Crippen molar-refractivity contribution in [1.82, 2.24) is 0 Å². The number of ether oxygens (including phenoxy) is 2. The van der Waals surface area contributed by atoms with Crippen molar-refractivity contribution in [3.05, 3.63) is 18.2 Å². The van der Waals surface area contributed by atoms with Gasteiger partial charge in [-0.15, -0.1) is 13.2 Å². The highest BCUT2D eigenvalue weighted by atomic mass is 19.4. The maximum absolute atomic E-state index is 11.8. The molecule has 0 aliphatic heterocycles. The summed E-state index contributed by atoms with van der Waals surface area (Å²) in [6.45, 7) is 0. The van der Waals surface area contributed by atoms with Crippen molar-refractivity contribution in [3.63, 3.8) is 0 Å². The van der Waals surface area contributed by atoms with Crippen molar-refractivity contribution >= 4 is 0 Å². The van der Waals surface area contributed by atoms with Crippen LogP contribution in [0.4, 0.5) is 13.2 Å². The maximum atomic E-state index is 11.8. The first kappa shape index (κ1) is 10.5. The lowest BCUT2D eigenvalue weighted by Crippen LogP contribution is -2.17. The van der Waals surface area contributed by atoms with Crippen LogP contribution in [0.25, 0.3) is 0 Å². The second kappa shape index (κ2) is 3.65. The van der Waals surface area contributed by atoms with E-state index in [0.717, 1.165) is 12.1 Å². The predicted molar refractivity (Wildman–Crippen MR) is 41.3 cm³/mol. The van der Waals surface area contributed by atoms with E-state index < -0.39 is 17.9 Å². The first-order chi connectivity index (χ1) is 6.42. The quantitative estimate of drug-likeness (QED) is 0.810. The van der Waals surface area contributed by atoms with Gasteiger partial charge in [0.05, 0.1) is 7.11 Å². The van der Waals surface area contributed by atoms with Crippen LogP contribution in [0.2, 0.25) is 0 Å². The first-order valence-electron chi connectivity index (χ1n) is 3.55. The molecule has 0 aromatic heterocycles. The Labute approximate surface area is 77.7 Å². The molecule has 0 fully saturated rings. The third kappa shape index (κ3) is 2.72. The van der Waals surface area contributed by atoms with E-state index in [4.69, 9.17) is 5.11 Å². The summed E-state index contributed by atoms with van der Waals surface area (Å²) in [5.74, 6) is -1.11. The summed E-state index contributed by atoms with van der Waals surface area (Å²) in [5, 5.41) is 9.01. The summed E-state index contributed by atoms with van der Waals surface area (Å²) in [7, 11) is 1.30. The number of halogens is 3. The Balaban J connectivity index is 2.95. The molecule has 0 bridgehead atoms. The Kier molecular flexibility index (Phi) is 2.73. The zero-order valence-corrected chi connectivity index (χ0v) is 7.13. The molecule has 0 radical (unpaired) electrons. The molecule has 0 saturated heterocycles. The van der Waals surface area contributed by atoms with Gasteiger partial charge in [-0.05, 0) is 12.1 Å². The maximum Gasteiger partial charge on any atom is 0.573 e. The molecule has 6 heteroatoms. The van der Waals surface area contributed by atoms with Gasteiger partial charge in [-0.1, -0.05) is 0 Å². The fourth-order valence-electron chi connectivity index (χ4n) is 0.828. The molecular formula is C8H7F3O3. The highest BCUT2D eigenvalue weighted by Gasteiger charge is 2.32. The third-order valence-corrected chi connectivity index (χ3v) is 1.39. The van der Waals surface area contributed by atoms with E-state index in [1.807, 2.05) is 0 Å². The summed E-state index contributed by atoms with van der Waals surface area (Å²) >= 11 is 0. The smallest absolute Gasteiger partial charge is 0.504 e. The van der Waals surface area contributed by atoms with Crippen LogP contribution in [-0.2, 0) is 0 Å². The Morgan fingerprint density at radius 2 is 1.93 bits per heavy atom. The van der Waals surface area contributed by atoms with Crippen LogP contribution in [0.5, 0.6) is 17.2 Å². The molecule has 0 aliphatic carbocycles. The van der Waals surface area contributed by atoms with Crippen LogP contribution in [-0.4, -0.2) is 18.6 Å². The molecule has 0 heterocycles. The van der Waals surface area contributed by atoms with Crippen molar-refractivity contribution in [3.8, 4) is 17.2 Å². The Bertz CT molecular complexity index is 322. The van der Waals surface area contributed by atoms with E-state index >= 15 is 0 Å². The SMILES string of the molecule is COc1ccc(O)c(OC(F)(F)F)c1. The van der Waals surface area contributed by atoms with E-state index in [1.165, 1.54) is 13.2 Å². The van der Waals surface area contributed by atoms with Gasteiger partial charge in [-0.25, -0.2) is 0 Å². The van der Waals surface area contributed by atoms with Crippen LogP contribution in [0.3, 0.4) is 0 Å². The lowest BCUT2D eigenvalue weighted by atomic mass is 10.3. The largest absolute Gasteiger partial charge is 0.573 e. The topological polar surface area (TPSA) is 38.7 Å². The fraction of sp³-hybridized carbons (Fsp3) is 0.250. The minimum Gasteiger partial charge on any atom is -0.504 e. The average molecular weight is 208 g/mol. The number of phenols is 1. The van der Waals surface area contributed by atoms with Gasteiger partial charge >= 0.3 is 6.36 Å². The molecule has 0 aliphatic rings. The minimum absolute atomic E-state index is 0.169. The molecule has 0 atom stereocenters. The third-order valence-electron chi connectivity index (χ3n) is 1.39. The molecule has 1 rings (SSSR count). The van der Waals surface area contributed by atoms with Crippen LogP contribution in [0, 0.1) is 0 Å². The van der Waals surface area contributed by atoms with Gasteiger partial charge in [-0.3, -0.25) is 0 Å². The summed E-state index contributed by atoms with van der Waals surface area (Å²) in [5.41, 5.74) is 0. The number of rotatable bonds is 2. The van der Waals surface area contributed by atoms with Crippen LogP contribution in [0.1, 0.15) is 0 Å². The van der Waals surface area contributed by atoms with Gasteiger partial charge in [0.15, 0.2) is 11.5 Å². The predicted octanol–water partition coefficient (Wildman–Crippen LogP) is 2.30. The molecule has 3 nitrogen and oxygen atoms in total. The van der Waals surface area contributed by atoms with Gasteiger partial charge in [0.25, 0.3) is 0 Å². The van der Waals surface area contributed by atoms with E-state index in [9.17, 15) is 13.2 Å². The van der Waals surface area contributed by atoms with Crippen molar-refractivity contribution in [2.75, 3.05) is 7.11 Å². The summed E-state index contributed by atoms with van der Waals surface area (Å²) < 4.78 is 43.6. The molecule has 1 aromatic rings. The zero-order chi connectivity index (χ0) is 10.8. The van der Waals surface area contributed by atoms with Crippen molar-refractivity contribution < 1.29 is 27.8 Å². The van der Waals surface area contributed by atoms with Crippen molar-refractivity contribution in [2.45, 2.75) is 6.36 Å². The number of alkyl halides is 3. The number of methoxy groups -OCH3 is 1. The number of hydrogen-bond acceptors (Lipinski definition) is 3. The molecule has 0 saturated carbocycles. The summed E-state index contributed by atoms with van der Waals surface area (Å²) in [6, 6.07) is 3.32. The highest BCUT2D eigenvalue weighted by Crippen LogP contribution is 2.34. The molecule has 0 spiro atoms. The Morgan fingerprint density at radius 3 is 2.43 bits per heavy atom. The van der Waals surface area contributed by atoms with E-state index in [1.54, 1.807) is 0 Å². The summed E-state index contributed by atoms with van der Waals surface area (Å²) in [4.78, 5) is 0. The normalized spacial score (nSPS) is 11.1. The van der Waals surface area contributed by atoms with Crippen LogP contribution >= 0.6 is 0 Å². The molecule has 0 amide bonds. The monoisotopic (exact) mass is 208 g/mol. The lowest BCUT2D eigenvalue weighted by molar-refractivity contribution is -0.275. The fourth-order valence-corrected chi connectivity index (χ4v) is 0.828. The van der Waals surface area contributed by atoms with Crippen LogP contribution < -0.4 is 9.47 Å². The van der Waals surface area contributed by atoms with Crippen molar-refractivity contribution in [2.24, 2.45) is 0 Å². The molecular weight excluding hydrogens is 201 g/mol. The van der Waals surface area contributed by atoms with Gasteiger partial charge in [-0.2, -0.15) is 0 Å². The molecule has 0 unspecified atom stereocenters. The molecule has 1 aromatic carbocycles. The Morgan fingerprint density at radius 1 is 1.29 bits per heavy atom. The zero-order valence-electron chi connectivity index (χ0n) is 7.13. The number of benzene rings is 1. The van der Waals surface area contributed by atoms with E-state index in [0.29, 0.717) is 0 Å². The van der Waals surface area contributed by atoms with Gasteiger partial charge in [0, 0.05) is 6.07 Å². The second-order valence-corrected chi connectivity index (χ2v) is 2.38. The average Bonchev–Trinajstić information content (AvgIpc) is 2.06. The molecule has 78 valence electrons. The standard InChI is InChI=1S/C8H7F3O3/c1-13-5-2-3-6(12)7(4-5)14-8(9,10)11/h2-4,12H,1H3. The van der Waals surface area contributed by atoms with Crippen LogP contribution in [0.15, 0.2) is 18.2 Å². The number of phenolic OH excluding ortho intramolecular Hbond substituents is 1. The highest BCUT2D eigenvalue weighted by molar-refractivity contribution is 5.44. The first-order valence-corrected chi connectivity index (χ1v) is 3.55. The van der Waals surface area contributed by atoms with E-state index in [-0.39, 0.29) is 5.75 Å². The second-order valence-electron chi connectivity index (χ2n) is 2.38. The molecule has 14 heavy (non-hydrogen) atoms. The van der Waals surface area contributed by atoms with Crippen molar-refractivity contribution in [1.29, 1.82) is 0 Å². The van der Waals surface area contributed by atoms with Gasteiger partial charge in [0.1, 0.15) is 5.75 Å². The van der Waals surface area contributed by atoms with E-state index in [2.05, 4.69) is 9.47 Å². The molecule has 1 N–H and O–H groups in total. The summed E-state index contributed by atoms with van der Waals surface area (Å²) in [6.07, 6.45) is -4.83. The Hall–Kier alpha value is -1.59. The number of aromatic hydroxyl groups is 1. The number of hydrogen-bond donors (Lipinski definition) is 1. The van der Waals surface area contributed by atoms with Gasteiger partial charge < -0.3 is 14.6 Å². The minimum atomic E-state index is -4.83.